The molecule has 0 aromatic heterocycles. The van der Waals surface area contributed by atoms with E-state index in [0.717, 1.165) is 0 Å². The summed E-state index contributed by atoms with van der Waals surface area (Å²) in [6.07, 6.45) is 0.871. The van der Waals surface area contributed by atoms with Gasteiger partial charge in [-0.25, -0.2) is 0 Å². The Hall–Kier alpha value is -1.10. The Bertz CT molecular complexity index is 209. The molecule has 0 radical (unpaired) electrons. The summed E-state index contributed by atoms with van der Waals surface area (Å²) >= 11 is 0. The van der Waals surface area contributed by atoms with Crippen LogP contribution >= 0.6 is 0 Å². The van der Waals surface area contributed by atoms with Crippen LogP contribution in [0.3, 0.4) is 0 Å². The Morgan fingerprint density at radius 2 is 2.00 bits per heavy atom. The molecule has 5 heteroatoms. The number of esters is 1. The van der Waals surface area contributed by atoms with Crippen molar-refractivity contribution in [2.75, 3.05) is 13.7 Å². The smallest absolute Gasteiger partial charge is 0.305 e. The van der Waals surface area contributed by atoms with E-state index in [1.165, 1.54) is 7.11 Å². The van der Waals surface area contributed by atoms with Crippen LogP contribution in [-0.4, -0.2) is 31.1 Å². The fraction of sp³-hybridized carbons (Fsp3) is 0.778. The molecule has 0 fully saturated rings. The molecule has 0 aromatic carbocycles. The van der Waals surface area contributed by atoms with Crippen LogP contribution in [0, 0.1) is 0 Å². The molecular weight excluding hydrogens is 184 g/mol. The van der Waals surface area contributed by atoms with E-state index in [9.17, 15) is 9.59 Å². The van der Waals surface area contributed by atoms with Gasteiger partial charge in [-0.1, -0.05) is 0 Å². The third-order valence-corrected chi connectivity index (χ3v) is 1.66. The molecule has 1 amide bonds. The third-order valence-electron chi connectivity index (χ3n) is 1.66. The first-order valence-electron chi connectivity index (χ1n) is 4.52. The van der Waals surface area contributed by atoms with E-state index in [-0.39, 0.29) is 11.9 Å². The largest absolute Gasteiger partial charge is 0.469 e. The van der Waals surface area contributed by atoms with Crippen molar-refractivity contribution in [3.63, 3.8) is 0 Å². The first-order chi connectivity index (χ1) is 6.38. The second-order valence-electron chi connectivity index (χ2n) is 3.66. The van der Waals surface area contributed by atoms with Gasteiger partial charge in [0.25, 0.3) is 0 Å². The van der Waals surface area contributed by atoms with Gasteiger partial charge < -0.3 is 15.8 Å². The van der Waals surface area contributed by atoms with Gasteiger partial charge in [0.1, 0.15) is 0 Å². The van der Waals surface area contributed by atoms with Crippen molar-refractivity contribution in [3.8, 4) is 0 Å². The van der Waals surface area contributed by atoms with E-state index in [0.29, 0.717) is 19.4 Å². The lowest BCUT2D eigenvalue weighted by molar-refractivity contribution is -0.140. The lowest BCUT2D eigenvalue weighted by Crippen LogP contribution is -2.49. The van der Waals surface area contributed by atoms with Crippen LogP contribution in [0.1, 0.15) is 26.7 Å². The molecule has 0 atom stereocenters. The summed E-state index contributed by atoms with van der Waals surface area (Å²) in [6, 6.07) is 0. The molecule has 5 nitrogen and oxygen atoms in total. The number of methoxy groups -OCH3 is 1. The Balaban J connectivity index is 3.56. The fourth-order valence-corrected chi connectivity index (χ4v) is 0.765. The zero-order chi connectivity index (χ0) is 11.2. The van der Waals surface area contributed by atoms with E-state index in [1.807, 2.05) is 0 Å². The minimum absolute atomic E-state index is 0.220. The maximum absolute atomic E-state index is 11.2. The highest BCUT2D eigenvalue weighted by atomic mass is 16.5. The number of rotatable bonds is 5. The molecule has 82 valence electrons. The molecule has 0 spiro atoms. The van der Waals surface area contributed by atoms with E-state index >= 15 is 0 Å². The fourth-order valence-electron chi connectivity index (χ4n) is 0.765. The minimum atomic E-state index is -0.870. The minimum Gasteiger partial charge on any atom is -0.469 e. The molecule has 0 saturated carbocycles. The van der Waals surface area contributed by atoms with Crippen LogP contribution in [0.4, 0.5) is 0 Å². The second kappa shape index (κ2) is 5.59. The molecule has 0 saturated heterocycles. The van der Waals surface area contributed by atoms with Crippen molar-refractivity contribution in [1.29, 1.82) is 0 Å². The van der Waals surface area contributed by atoms with Gasteiger partial charge in [-0.2, -0.15) is 0 Å². The highest BCUT2D eigenvalue weighted by Gasteiger charge is 2.20. The average molecular weight is 202 g/mol. The summed E-state index contributed by atoms with van der Waals surface area (Å²) in [5, 5.41) is 2.63. The molecule has 0 rings (SSSR count). The van der Waals surface area contributed by atoms with Gasteiger partial charge in [0, 0.05) is 13.0 Å². The van der Waals surface area contributed by atoms with Crippen LogP contribution < -0.4 is 11.1 Å². The third kappa shape index (κ3) is 5.53. The van der Waals surface area contributed by atoms with Crippen LogP contribution in [0.2, 0.25) is 0 Å². The number of carbonyl (C=O) groups excluding carboxylic acids is 2. The number of hydrogen-bond acceptors (Lipinski definition) is 4. The number of amides is 1. The quantitative estimate of drug-likeness (QED) is 0.477. The van der Waals surface area contributed by atoms with Crippen molar-refractivity contribution in [2.45, 2.75) is 32.2 Å². The maximum atomic E-state index is 11.2. The monoisotopic (exact) mass is 202 g/mol. The molecule has 0 heterocycles. The molecule has 14 heavy (non-hydrogen) atoms. The van der Waals surface area contributed by atoms with Gasteiger partial charge in [0.15, 0.2) is 0 Å². The SMILES string of the molecule is COC(=O)CCCNC(=O)C(C)(C)N. The number of hydrogen-bond donors (Lipinski definition) is 2. The lowest BCUT2D eigenvalue weighted by atomic mass is 10.1. The Morgan fingerprint density at radius 1 is 1.43 bits per heavy atom. The Labute approximate surface area is 84.0 Å². The normalized spacial score (nSPS) is 10.9. The van der Waals surface area contributed by atoms with Gasteiger partial charge in [-0.15, -0.1) is 0 Å². The standard InChI is InChI=1S/C9H18N2O3/c1-9(2,10)8(13)11-6-4-5-7(12)14-3/h4-6,10H2,1-3H3,(H,11,13). The summed E-state index contributed by atoms with van der Waals surface area (Å²) in [5.41, 5.74) is 4.67. The molecule has 0 aliphatic rings. The van der Waals surface area contributed by atoms with Crippen LogP contribution in [-0.2, 0) is 14.3 Å². The van der Waals surface area contributed by atoms with E-state index in [4.69, 9.17) is 5.73 Å². The van der Waals surface area contributed by atoms with Gasteiger partial charge in [-0.3, -0.25) is 9.59 Å². The summed E-state index contributed by atoms with van der Waals surface area (Å²) in [6.45, 7) is 3.69. The first kappa shape index (κ1) is 12.9. The van der Waals surface area contributed by atoms with Crippen molar-refractivity contribution in [1.82, 2.24) is 5.32 Å². The van der Waals surface area contributed by atoms with Gasteiger partial charge in [-0.05, 0) is 20.3 Å². The maximum Gasteiger partial charge on any atom is 0.305 e. The average Bonchev–Trinajstić information content (AvgIpc) is 2.09. The van der Waals surface area contributed by atoms with E-state index < -0.39 is 5.54 Å². The van der Waals surface area contributed by atoms with E-state index in [2.05, 4.69) is 10.1 Å². The Morgan fingerprint density at radius 3 is 2.43 bits per heavy atom. The van der Waals surface area contributed by atoms with Gasteiger partial charge in [0.05, 0.1) is 12.6 Å². The van der Waals surface area contributed by atoms with Crippen molar-refractivity contribution >= 4 is 11.9 Å². The van der Waals surface area contributed by atoms with Gasteiger partial charge in [0.2, 0.25) is 5.91 Å². The van der Waals surface area contributed by atoms with Crippen LogP contribution in [0.15, 0.2) is 0 Å². The van der Waals surface area contributed by atoms with Gasteiger partial charge >= 0.3 is 5.97 Å². The summed E-state index contributed by atoms with van der Waals surface area (Å²) < 4.78 is 4.45. The predicted octanol–water partition coefficient (Wildman–Crippen LogP) is -0.207. The summed E-state index contributed by atoms with van der Waals surface area (Å²) in [5.74, 6) is -0.492. The molecule has 0 bridgehead atoms. The Kier molecular flexibility index (Phi) is 5.15. The van der Waals surface area contributed by atoms with Crippen molar-refractivity contribution in [2.24, 2.45) is 5.73 Å². The van der Waals surface area contributed by atoms with Crippen LogP contribution in [0.5, 0.6) is 0 Å². The first-order valence-corrected chi connectivity index (χ1v) is 4.52. The molecule has 0 aromatic rings. The number of nitrogens with two attached hydrogens (primary N) is 1. The van der Waals surface area contributed by atoms with E-state index in [1.54, 1.807) is 13.8 Å². The highest BCUT2D eigenvalue weighted by molar-refractivity contribution is 5.85. The molecule has 0 aliphatic heterocycles. The number of carbonyl (C=O) groups is 2. The zero-order valence-corrected chi connectivity index (χ0v) is 8.92. The molecular formula is C9H18N2O3. The molecule has 0 aliphatic carbocycles. The summed E-state index contributed by atoms with van der Waals surface area (Å²) in [4.78, 5) is 21.9. The van der Waals surface area contributed by atoms with Crippen molar-refractivity contribution < 1.29 is 14.3 Å². The second-order valence-corrected chi connectivity index (χ2v) is 3.66. The topological polar surface area (TPSA) is 81.4 Å². The zero-order valence-electron chi connectivity index (χ0n) is 8.92. The summed E-state index contributed by atoms with van der Waals surface area (Å²) in [7, 11) is 1.34. The molecule has 0 unspecified atom stereocenters. The van der Waals surface area contributed by atoms with Crippen LogP contribution in [0.25, 0.3) is 0 Å². The lowest BCUT2D eigenvalue weighted by Gasteiger charge is -2.17. The predicted molar refractivity (Wildman–Crippen MR) is 52.5 cm³/mol. The number of nitrogens with one attached hydrogen (secondary N) is 1. The molecule has 3 N–H and O–H groups in total. The highest BCUT2D eigenvalue weighted by Crippen LogP contribution is 1.96. The number of ether oxygens (including phenoxy) is 1. The van der Waals surface area contributed by atoms with Crippen molar-refractivity contribution in [3.05, 3.63) is 0 Å².